The van der Waals surface area contributed by atoms with Crippen LogP contribution in [-0.2, 0) is 6.42 Å². The number of rotatable bonds is 3. The first kappa shape index (κ1) is 13.9. The molecule has 0 N–H and O–H groups in total. The molecule has 0 saturated carbocycles. The fourth-order valence-electron chi connectivity index (χ4n) is 2.15. The van der Waals surface area contributed by atoms with Gasteiger partial charge in [-0.3, -0.25) is 4.40 Å². The van der Waals surface area contributed by atoms with Crippen molar-refractivity contribution in [1.29, 1.82) is 0 Å². The molecular weight excluding hydrogens is 328 g/mol. The second-order valence-electron chi connectivity index (χ2n) is 4.82. The molecule has 2 heterocycles. The molecule has 3 aromatic rings. The summed E-state index contributed by atoms with van der Waals surface area (Å²) < 4.78 is 2.92. The van der Waals surface area contributed by atoms with E-state index in [0.29, 0.717) is 0 Å². The average Bonchev–Trinajstić information content (AvgIpc) is 2.80. The lowest BCUT2D eigenvalue weighted by atomic mass is 10.2. The maximum Gasteiger partial charge on any atom is 0.182 e. The van der Waals surface area contributed by atoms with Crippen LogP contribution in [0.2, 0.25) is 0 Å². The van der Waals surface area contributed by atoms with Crippen LogP contribution in [-0.4, -0.2) is 9.38 Å². The van der Waals surface area contributed by atoms with Crippen LogP contribution in [0.4, 0.5) is 11.5 Å². The number of pyridine rings is 1. The van der Waals surface area contributed by atoms with E-state index in [9.17, 15) is 0 Å². The number of aromatic nitrogens is 2. The first-order valence-corrected chi connectivity index (χ1v) is 7.61. The molecule has 5 heteroatoms. The van der Waals surface area contributed by atoms with Gasteiger partial charge in [0, 0.05) is 10.7 Å². The molecular formula is C16H15BrN4. The monoisotopic (exact) mass is 342 g/mol. The molecule has 2 aromatic heterocycles. The molecule has 106 valence electrons. The van der Waals surface area contributed by atoms with Crippen molar-refractivity contribution in [1.82, 2.24) is 9.38 Å². The molecule has 0 aliphatic carbocycles. The molecule has 0 amide bonds. The molecule has 0 saturated heterocycles. The highest BCUT2D eigenvalue weighted by molar-refractivity contribution is 9.10. The molecule has 3 rings (SSSR count). The van der Waals surface area contributed by atoms with Gasteiger partial charge < -0.3 is 0 Å². The summed E-state index contributed by atoms with van der Waals surface area (Å²) in [5, 5.41) is 8.68. The maximum absolute atomic E-state index is 4.48. The third kappa shape index (κ3) is 2.88. The zero-order chi connectivity index (χ0) is 14.8. The predicted octanol–water partition coefficient (Wildman–Crippen LogP) is 5.38. The normalized spacial score (nSPS) is 11.6. The van der Waals surface area contributed by atoms with Gasteiger partial charge in [-0.15, -0.1) is 10.2 Å². The SMILES string of the molecule is CCc1ccc(N=Nc2c(C)nc3ccc(Br)cn23)cc1. The number of hydrogen-bond acceptors (Lipinski definition) is 3. The van der Waals surface area contributed by atoms with Crippen LogP contribution < -0.4 is 0 Å². The van der Waals surface area contributed by atoms with Gasteiger partial charge in [-0.1, -0.05) is 19.1 Å². The van der Waals surface area contributed by atoms with E-state index in [1.165, 1.54) is 5.56 Å². The fraction of sp³-hybridized carbons (Fsp3) is 0.188. The first-order valence-electron chi connectivity index (χ1n) is 6.82. The zero-order valence-corrected chi connectivity index (χ0v) is 13.5. The van der Waals surface area contributed by atoms with E-state index in [2.05, 4.69) is 50.2 Å². The summed E-state index contributed by atoms with van der Waals surface area (Å²) in [5.41, 5.74) is 3.87. The number of aryl methyl sites for hydroxylation is 2. The van der Waals surface area contributed by atoms with Crippen LogP contribution in [0, 0.1) is 6.92 Å². The van der Waals surface area contributed by atoms with Gasteiger partial charge in [0.1, 0.15) is 5.65 Å². The van der Waals surface area contributed by atoms with Crippen LogP contribution in [0.5, 0.6) is 0 Å². The van der Waals surface area contributed by atoms with Gasteiger partial charge in [-0.2, -0.15) is 0 Å². The highest BCUT2D eigenvalue weighted by atomic mass is 79.9. The van der Waals surface area contributed by atoms with Crippen molar-refractivity contribution in [3.8, 4) is 0 Å². The molecule has 21 heavy (non-hydrogen) atoms. The third-order valence-corrected chi connectivity index (χ3v) is 3.80. The minimum Gasteiger partial charge on any atom is -0.282 e. The Kier molecular flexibility index (Phi) is 3.84. The summed E-state index contributed by atoms with van der Waals surface area (Å²) >= 11 is 3.47. The van der Waals surface area contributed by atoms with E-state index >= 15 is 0 Å². The quantitative estimate of drug-likeness (QED) is 0.589. The molecule has 0 aliphatic rings. The lowest BCUT2D eigenvalue weighted by molar-refractivity contribution is 1.08. The summed E-state index contributed by atoms with van der Waals surface area (Å²) in [6, 6.07) is 12.0. The number of fused-ring (bicyclic) bond motifs is 1. The zero-order valence-electron chi connectivity index (χ0n) is 11.9. The van der Waals surface area contributed by atoms with Crippen molar-refractivity contribution in [2.24, 2.45) is 10.2 Å². The molecule has 1 aromatic carbocycles. The van der Waals surface area contributed by atoms with E-state index in [0.717, 1.165) is 33.7 Å². The Hall–Kier alpha value is -2.01. The van der Waals surface area contributed by atoms with Gasteiger partial charge in [0.2, 0.25) is 0 Å². The largest absolute Gasteiger partial charge is 0.282 e. The summed E-state index contributed by atoms with van der Waals surface area (Å²) in [6.07, 6.45) is 2.97. The fourth-order valence-corrected chi connectivity index (χ4v) is 2.48. The molecule has 0 unspecified atom stereocenters. The Morgan fingerprint density at radius 2 is 1.86 bits per heavy atom. The van der Waals surface area contributed by atoms with E-state index < -0.39 is 0 Å². The van der Waals surface area contributed by atoms with Gasteiger partial charge in [-0.25, -0.2) is 4.98 Å². The van der Waals surface area contributed by atoms with E-state index in [-0.39, 0.29) is 0 Å². The molecule has 4 nitrogen and oxygen atoms in total. The van der Waals surface area contributed by atoms with E-state index in [1.807, 2.05) is 41.8 Å². The van der Waals surface area contributed by atoms with Crippen molar-refractivity contribution in [3.05, 3.63) is 58.3 Å². The number of halogens is 1. The second kappa shape index (κ2) is 5.77. The molecule has 0 atom stereocenters. The lowest BCUT2D eigenvalue weighted by Crippen LogP contribution is -1.82. The van der Waals surface area contributed by atoms with Crippen molar-refractivity contribution >= 4 is 33.1 Å². The molecule has 0 fully saturated rings. The standard InChI is InChI=1S/C16H15BrN4/c1-3-12-4-7-14(8-5-12)19-20-16-11(2)18-15-9-6-13(17)10-21(15)16/h4-10H,3H2,1-2H3. The Morgan fingerprint density at radius 1 is 1.10 bits per heavy atom. The van der Waals surface area contributed by atoms with Crippen molar-refractivity contribution in [2.75, 3.05) is 0 Å². The maximum atomic E-state index is 4.48. The third-order valence-electron chi connectivity index (χ3n) is 3.33. The molecule has 0 aliphatic heterocycles. The van der Waals surface area contributed by atoms with E-state index in [1.54, 1.807) is 0 Å². The number of azo groups is 1. The summed E-state index contributed by atoms with van der Waals surface area (Å²) in [7, 11) is 0. The smallest absolute Gasteiger partial charge is 0.182 e. The summed E-state index contributed by atoms with van der Waals surface area (Å²) in [4.78, 5) is 4.48. The van der Waals surface area contributed by atoms with Crippen LogP contribution in [0.3, 0.4) is 0 Å². The Balaban J connectivity index is 1.98. The first-order chi connectivity index (χ1) is 10.2. The molecule has 0 bridgehead atoms. The highest BCUT2D eigenvalue weighted by Gasteiger charge is 2.08. The Morgan fingerprint density at radius 3 is 2.57 bits per heavy atom. The van der Waals surface area contributed by atoms with Crippen molar-refractivity contribution in [2.45, 2.75) is 20.3 Å². The van der Waals surface area contributed by atoms with E-state index in [4.69, 9.17) is 0 Å². The van der Waals surface area contributed by atoms with Crippen LogP contribution >= 0.6 is 15.9 Å². The van der Waals surface area contributed by atoms with Gasteiger partial charge in [0.05, 0.1) is 11.4 Å². The number of nitrogens with zero attached hydrogens (tertiary/aromatic N) is 4. The van der Waals surface area contributed by atoms with Crippen molar-refractivity contribution < 1.29 is 0 Å². The lowest BCUT2D eigenvalue weighted by Gasteiger charge is -1.98. The number of hydrogen-bond donors (Lipinski definition) is 0. The minimum absolute atomic E-state index is 0.755. The molecule has 0 radical (unpaired) electrons. The van der Waals surface area contributed by atoms with Gasteiger partial charge in [-0.05, 0) is 59.1 Å². The highest BCUT2D eigenvalue weighted by Crippen LogP contribution is 2.25. The van der Waals surface area contributed by atoms with Gasteiger partial charge in [0.15, 0.2) is 5.82 Å². The van der Waals surface area contributed by atoms with Crippen LogP contribution in [0.25, 0.3) is 5.65 Å². The summed E-state index contributed by atoms with van der Waals surface area (Å²) in [5.74, 6) is 0.755. The predicted molar refractivity (Wildman–Crippen MR) is 87.6 cm³/mol. The Bertz CT molecular complexity index is 803. The second-order valence-corrected chi connectivity index (χ2v) is 5.73. The molecule has 0 spiro atoms. The van der Waals surface area contributed by atoms with Crippen LogP contribution in [0.15, 0.2) is 57.3 Å². The minimum atomic E-state index is 0.755. The van der Waals surface area contributed by atoms with Gasteiger partial charge in [0.25, 0.3) is 0 Å². The Labute approximate surface area is 131 Å². The number of imidazole rings is 1. The van der Waals surface area contributed by atoms with Crippen molar-refractivity contribution in [3.63, 3.8) is 0 Å². The summed E-state index contributed by atoms with van der Waals surface area (Å²) in [6.45, 7) is 4.07. The van der Waals surface area contributed by atoms with Crippen LogP contribution in [0.1, 0.15) is 18.2 Å². The topological polar surface area (TPSA) is 42.0 Å². The number of benzene rings is 1. The van der Waals surface area contributed by atoms with Gasteiger partial charge >= 0.3 is 0 Å². The average molecular weight is 343 g/mol.